The average molecular weight is 281 g/mol. The van der Waals surface area contributed by atoms with Gasteiger partial charge in [0.15, 0.2) is 0 Å². The Kier molecular flexibility index (Phi) is 5.30. The van der Waals surface area contributed by atoms with Crippen molar-refractivity contribution in [3.63, 3.8) is 0 Å². The Morgan fingerprint density at radius 1 is 1.35 bits per heavy atom. The molecule has 20 heavy (non-hydrogen) atoms. The van der Waals surface area contributed by atoms with Crippen molar-refractivity contribution >= 4 is 11.9 Å². The van der Waals surface area contributed by atoms with Gasteiger partial charge in [0.25, 0.3) is 5.91 Å². The van der Waals surface area contributed by atoms with Gasteiger partial charge >= 0.3 is 5.97 Å². The lowest BCUT2D eigenvalue weighted by Gasteiger charge is -2.24. The molecule has 0 unspecified atom stereocenters. The zero-order valence-electron chi connectivity index (χ0n) is 12.8. The summed E-state index contributed by atoms with van der Waals surface area (Å²) in [6.07, 6.45) is -0.0448. The van der Waals surface area contributed by atoms with Crippen molar-refractivity contribution in [3.8, 4) is 0 Å². The van der Waals surface area contributed by atoms with Crippen molar-refractivity contribution in [2.45, 2.75) is 34.1 Å². The van der Waals surface area contributed by atoms with E-state index in [0.29, 0.717) is 17.8 Å². The monoisotopic (exact) mass is 281 g/mol. The highest BCUT2D eigenvalue weighted by Crippen LogP contribution is 2.16. The summed E-state index contributed by atoms with van der Waals surface area (Å²) >= 11 is 0. The van der Waals surface area contributed by atoms with Gasteiger partial charge in [-0.1, -0.05) is 13.8 Å². The molecule has 0 spiro atoms. The van der Waals surface area contributed by atoms with E-state index in [9.17, 15) is 9.59 Å². The first kappa shape index (κ1) is 16.2. The van der Waals surface area contributed by atoms with Crippen LogP contribution in [-0.4, -0.2) is 44.8 Å². The second-order valence-electron chi connectivity index (χ2n) is 5.46. The maximum atomic E-state index is 12.6. The van der Waals surface area contributed by atoms with Gasteiger partial charge in [-0.3, -0.25) is 14.3 Å². The van der Waals surface area contributed by atoms with E-state index in [1.807, 2.05) is 20.8 Å². The highest BCUT2D eigenvalue weighted by Gasteiger charge is 2.23. The van der Waals surface area contributed by atoms with Crippen LogP contribution in [0.5, 0.6) is 0 Å². The van der Waals surface area contributed by atoms with Crippen LogP contribution < -0.4 is 0 Å². The van der Waals surface area contributed by atoms with E-state index < -0.39 is 5.97 Å². The van der Waals surface area contributed by atoms with Crippen LogP contribution in [0.2, 0.25) is 0 Å². The minimum absolute atomic E-state index is 0.0448. The maximum absolute atomic E-state index is 12.6. The molecule has 1 heterocycles. The molecule has 1 aromatic heterocycles. The first-order chi connectivity index (χ1) is 9.23. The van der Waals surface area contributed by atoms with Gasteiger partial charge in [-0.05, 0) is 19.8 Å². The molecule has 0 radical (unpaired) electrons. The van der Waals surface area contributed by atoms with Crippen LogP contribution in [0.3, 0.4) is 0 Å². The van der Waals surface area contributed by atoms with Crippen molar-refractivity contribution in [2.24, 2.45) is 13.0 Å². The number of carbonyl (C=O) groups excluding carboxylic acids is 1. The van der Waals surface area contributed by atoms with Crippen LogP contribution in [0.4, 0.5) is 0 Å². The molecular formula is C14H23N3O3. The fourth-order valence-corrected chi connectivity index (χ4v) is 2.19. The zero-order chi connectivity index (χ0) is 15.4. The minimum Gasteiger partial charge on any atom is -0.481 e. The van der Waals surface area contributed by atoms with E-state index >= 15 is 0 Å². The fraction of sp³-hybridized carbons (Fsp3) is 0.643. The van der Waals surface area contributed by atoms with Gasteiger partial charge in [0.05, 0.1) is 17.7 Å². The Morgan fingerprint density at radius 2 is 1.95 bits per heavy atom. The highest BCUT2D eigenvalue weighted by molar-refractivity contribution is 5.96. The normalized spacial score (nSPS) is 10.9. The molecule has 0 fully saturated rings. The Balaban J connectivity index is 2.99. The number of hydrogen-bond donors (Lipinski definition) is 1. The lowest BCUT2D eigenvalue weighted by Crippen LogP contribution is -2.36. The molecule has 0 saturated heterocycles. The number of nitrogens with zero attached hydrogens (tertiary/aromatic N) is 3. The zero-order valence-corrected chi connectivity index (χ0v) is 12.8. The summed E-state index contributed by atoms with van der Waals surface area (Å²) in [5.74, 6) is -0.751. The fourth-order valence-electron chi connectivity index (χ4n) is 2.19. The van der Waals surface area contributed by atoms with Crippen molar-refractivity contribution in [1.29, 1.82) is 0 Å². The standard InChI is InChI=1S/C14H23N3O3/c1-9(2)8-17(7-6-12(18)19)14(20)13-10(3)15-16(5)11(13)4/h9H,6-8H2,1-5H3,(H,18,19). The topological polar surface area (TPSA) is 75.4 Å². The number of aryl methyl sites for hydroxylation is 2. The van der Waals surface area contributed by atoms with Gasteiger partial charge in [-0.25, -0.2) is 0 Å². The van der Waals surface area contributed by atoms with Crippen molar-refractivity contribution < 1.29 is 14.7 Å². The predicted octanol–water partition coefficient (Wildman–Crippen LogP) is 1.61. The molecule has 1 amide bonds. The summed E-state index contributed by atoms with van der Waals surface area (Å²) in [6.45, 7) is 8.41. The predicted molar refractivity (Wildman–Crippen MR) is 75.7 cm³/mol. The number of aliphatic carboxylic acids is 1. The number of amides is 1. The molecule has 0 aliphatic heterocycles. The van der Waals surface area contributed by atoms with Gasteiger partial charge in [-0.15, -0.1) is 0 Å². The first-order valence-corrected chi connectivity index (χ1v) is 6.75. The first-order valence-electron chi connectivity index (χ1n) is 6.75. The molecule has 6 nitrogen and oxygen atoms in total. The Labute approximate surface area is 119 Å². The van der Waals surface area contributed by atoms with Crippen LogP contribution >= 0.6 is 0 Å². The van der Waals surface area contributed by atoms with Crippen LogP contribution in [0.1, 0.15) is 42.0 Å². The van der Waals surface area contributed by atoms with Crippen molar-refractivity contribution in [2.75, 3.05) is 13.1 Å². The largest absolute Gasteiger partial charge is 0.481 e. The highest BCUT2D eigenvalue weighted by atomic mass is 16.4. The van der Waals surface area contributed by atoms with Gasteiger partial charge in [-0.2, -0.15) is 5.10 Å². The summed E-state index contributed by atoms with van der Waals surface area (Å²) in [4.78, 5) is 25.0. The number of carboxylic acids is 1. The van der Waals surface area contributed by atoms with E-state index in [1.165, 1.54) is 0 Å². The van der Waals surface area contributed by atoms with Gasteiger partial charge in [0.1, 0.15) is 0 Å². The van der Waals surface area contributed by atoms with E-state index in [1.54, 1.807) is 23.6 Å². The molecular weight excluding hydrogens is 258 g/mol. The minimum atomic E-state index is -0.897. The van der Waals surface area contributed by atoms with E-state index in [-0.39, 0.29) is 24.8 Å². The summed E-state index contributed by atoms with van der Waals surface area (Å²) in [5, 5.41) is 13.0. The molecule has 0 bridgehead atoms. The van der Waals surface area contributed by atoms with E-state index in [0.717, 1.165) is 5.69 Å². The van der Waals surface area contributed by atoms with Crippen LogP contribution in [-0.2, 0) is 11.8 Å². The van der Waals surface area contributed by atoms with Crippen LogP contribution in [0.15, 0.2) is 0 Å². The van der Waals surface area contributed by atoms with Gasteiger partial charge in [0.2, 0.25) is 0 Å². The molecule has 0 atom stereocenters. The second kappa shape index (κ2) is 6.54. The maximum Gasteiger partial charge on any atom is 0.305 e. The Bertz CT molecular complexity index is 506. The number of hydrogen-bond acceptors (Lipinski definition) is 3. The Hall–Kier alpha value is -1.85. The summed E-state index contributed by atoms with van der Waals surface area (Å²) in [7, 11) is 1.79. The second-order valence-corrected chi connectivity index (χ2v) is 5.46. The third kappa shape index (κ3) is 3.82. The van der Waals surface area contributed by atoms with Crippen LogP contribution in [0, 0.1) is 19.8 Å². The number of aromatic nitrogens is 2. The molecule has 0 saturated carbocycles. The Morgan fingerprint density at radius 3 is 2.35 bits per heavy atom. The van der Waals surface area contributed by atoms with Gasteiger partial charge in [0, 0.05) is 25.8 Å². The summed E-state index contributed by atoms with van der Waals surface area (Å²) < 4.78 is 1.67. The lowest BCUT2D eigenvalue weighted by atomic mass is 10.1. The molecule has 6 heteroatoms. The summed E-state index contributed by atoms with van der Waals surface area (Å²) in [5.41, 5.74) is 2.06. The third-order valence-corrected chi connectivity index (χ3v) is 3.19. The third-order valence-electron chi connectivity index (χ3n) is 3.19. The molecule has 0 aliphatic rings. The molecule has 0 aliphatic carbocycles. The van der Waals surface area contributed by atoms with Crippen molar-refractivity contribution in [1.82, 2.24) is 14.7 Å². The number of carbonyl (C=O) groups is 2. The van der Waals surface area contributed by atoms with Crippen molar-refractivity contribution in [3.05, 3.63) is 17.0 Å². The molecule has 1 N–H and O–H groups in total. The van der Waals surface area contributed by atoms with E-state index in [4.69, 9.17) is 5.11 Å². The number of carboxylic acid groups (broad SMARTS) is 1. The lowest BCUT2D eigenvalue weighted by molar-refractivity contribution is -0.137. The average Bonchev–Trinajstić information content (AvgIpc) is 2.57. The molecule has 0 aromatic carbocycles. The van der Waals surface area contributed by atoms with E-state index in [2.05, 4.69) is 5.10 Å². The van der Waals surface area contributed by atoms with Crippen LogP contribution in [0.25, 0.3) is 0 Å². The quantitative estimate of drug-likeness (QED) is 0.859. The number of rotatable bonds is 6. The molecule has 112 valence electrons. The smallest absolute Gasteiger partial charge is 0.305 e. The molecule has 1 aromatic rings. The van der Waals surface area contributed by atoms with Gasteiger partial charge < -0.3 is 10.0 Å². The SMILES string of the molecule is Cc1nn(C)c(C)c1C(=O)N(CCC(=O)O)CC(C)C. The summed E-state index contributed by atoms with van der Waals surface area (Å²) in [6, 6.07) is 0. The molecule has 1 rings (SSSR count).